The van der Waals surface area contributed by atoms with Crippen LogP contribution >= 0.6 is 35.3 Å². The highest BCUT2D eigenvalue weighted by Crippen LogP contribution is 2.10. The first-order chi connectivity index (χ1) is 11.4. The Balaban J connectivity index is 0.00000576. The van der Waals surface area contributed by atoms with Gasteiger partial charge in [0.1, 0.15) is 5.01 Å². The van der Waals surface area contributed by atoms with E-state index in [1.54, 1.807) is 25.3 Å². The minimum atomic E-state index is -0.383. The highest BCUT2D eigenvalue weighted by atomic mass is 127. The van der Waals surface area contributed by atoms with Gasteiger partial charge in [-0.25, -0.2) is 9.78 Å². The topological polar surface area (TPSA) is 87.6 Å². The highest BCUT2D eigenvalue weighted by molar-refractivity contribution is 14.0. The maximum atomic E-state index is 11.6. The molecule has 1 amide bonds. The minimum Gasteiger partial charge on any atom is -0.450 e. The van der Waals surface area contributed by atoms with Gasteiger partial charge in [-0.15, -0.1) is 35.3 Å². The molecule has 0 aliphatic carbocycles. The van der Waals surface area contributed by atoms with Crippen molar-refractivity contribution in [2.45, 2.75) is 46.7 Å². The Bertz CT molecular complexity index is 536. The summed E-state index contributed by atoms with van der Waals surface area (Å²) in [4.78, 5) is 21.4. The predicted octanol–water partition coefficient (Wildman–Crippen LogP) is 2.90. The number of aromatic nitrogens is 1. The molecule has 0 bridgehead atoms. The van der Waals surface area contributed by atoms with Crippen molar-refractivity contribution in [2.75, 3.05) is 20.2 Å². The predicted molar refractivity (Wildman–Crippen MR) is 114 cm³/mol. The van der Waals surface area contributed by atoms with Gasteiger partial charge in [-0.05, 0) is 26.2 Å². The van der Waals surface area contributed by atoms with Crippen molar-refractivity contribution in [3.8, 4) is 0 Å². The van der Waals surface area contributed by atoms with Crippen LogP contribution in [0, 0.1) is 12.8 Å². The fourth-order valence-corrected chi connectivity index (χ4v) is 2.91. The lowest BCUT2D eigenvalue weighted by Gasteiger charge is -2.22. The van der Waals surface area contributed by atoms with Crippen LogP contribution in [-0.2, 0) is 11.3 Å². The molecule has 0 saturated carbocycles. The molecular weight excluding hydrogens is 453 g/mol. The van der Waals surface area contributed by atoms with Gasteiger partial charge in [0.25, 0.3) is 0 Å². The third kappa shape index (κ3) is 10.5. The van der Waals surface area contributed by atoms with Crippen LogP contribution in [0.25, 0.3) is 0 Å². The number of thiazole rings is 1. The third-order valence-corrected chi connectivity index (χ3v) is 4.08. The Labute approximate surface area is 171 Å². The molecule has 0 saturated heterocycles. The molecule has 0 spiro atoms. The van der Waals surface area contributed by atoms with Crippen molar-refractivity contribution in [3.63, 3.8) is 0 Å². The molecule has 144 valence electrons. The van der Waals surface area contributed by atoms with Crippen LogP contribution in [0.3, 0.4) is 0 Å². The number of rotatable bonds is 8. The lowest BCUT2D eigenvalue weighted by molar-refractivity contribution is 0.146. The fourth-order valence-electron chi connectivity index (χ4n) is 2.18. The summed E-state index contributed by atoms with van der Waals surface area (Å²) < 4.78 is 4.96. The normalized spacial score (nSPS) is 12.3. The zero-order valence-corrected chi connectivity index (χ0v) is 18.7. The lowest BCUT2D eigenvalue weighted by Crippen LogP contribution is -2.47. The number of amides is 1. The summed E-state index contributed by atoms with van der Waals surface area (Å²) in [5.74, 6) is 1.15. The average molecular weight is 483 g/mol. The second kappa shape index (κ2) is 13.2. The number of hydrogen-bond acceptors (Lipinski definition) is 5. The van der Waals surface area contributed by atoms with Crippen molar-refractivity contribution in [1.29, 1.82) is 0 Å². The number of aliphatic imine (C=N–C) groups is 1. The number of halogens is 1. The maximum absolute atomic E-state index is 11.6. The van der Waals surface area contributed by atoms with Gasteiger partial charge in [0.05, 0.1) is 13.2 Å². The van der Waals surface area contributed by atoms with Crippen molar-refractivity contribution in [3.05, 3.63) is 16.1 Å². The molecule has 0 aliphatic rings. The molecule has 3 N–H and O–H groups in total. The van der Waals surface area contributed by atoms with Gasteiger partial charge in [0.15, 0.2) is 5.96 Å². The summed E-state index contributed by atoms with van der Waals surface area (Å²) in [6, 6.07) is -0.0234. The van der Waals surface area contributed by atoms with Crippen LogP contribution < -0.4 is 16.0 Å². The second-order valence-corrected chi connectivity index (χ2v) is 7.18. The minimum absolute atomic E-state index is 0. The number of guanidine groups is 1. The Morgan fingerprint density at radius 3 is 2.64 bits per heavy atom. The number of aryl methyl sites for hydroxylation is 1. The van der Waals surface area contributed by atoms with Gasteiger partial charge in [0.2, 0.25) is 0 Å². The third-order valence-electron chi connectivity index (χ3n) is 3.17. The molecule has 0 aromatic carbocycles. The van der Waals surface area contributed by atoms with Gasteiger partial charge in [-0.1, -0.05) is 13.8 Å². The van der Waals surface area contributed by atoms with Crippen LogP contribution in [-0.4, -0.2) is 43.3 Å². The molecule has 1 unspecified atom stereocenters. The molecule has 1 rings (SSSR count). The van der Waals surface area contributed by atoms with E-state index in [4.69, 9.17) is 4.74 Å². The first-order valence-electron chi connectivity index (χ1n) is 8.23. The molecule has 9 heteroatoms. The van der Waals surface area contributed by atoms with E-state index in [9.17, 15) is 4.79 Å². The number of ether oxygens (including phenoxy) is 1. The SMILES string of the molecule is CCOC(=O)NC(CNC(=NC)NCc1ncc(C)s1)CC(C)C.I. The van der Waals surface area contributed by atoms with E-state index < -0.39 is 0 Å². The molecule has 25 heavy (non-hydrogen) atoms. The number of carbonyl (C=O) groups is 1. The lowest BCUT2D eigenvalue weighted by atomic mass is 10.0. The van der Waals surface area contributed by atoms with E-state index in [2.05, 4.69) is 39.8 Å². The van der Waals surface area contributed by atoms with Gasteiger partial charge in [-0.3, -0.25) is 4.99 Å². The van der Waals surface area contributed by atoms with Gasteiger partial charge < -0.3 is 20.7 Å². The number of alkyl carbamates (subject to hydrolysis) is 1. The molecule has 0 radical (unpaired) electrons. The summed E-state index contributed by atoms with van der Waals surface area (Å²) in [5, 5.41) is 10.4. The zero-order chi connectivity index (χ0) is 17.9. The molecule has 7 nitrogen and oxygen atoms in total. The first kappa shape index (κ1) is 23.9. The average Bonchev–Trinajstić information content (AvgIpc) is 2.92. The van der Waals surface area contributed by atoms with Gasteiger partial charge in [-0.2, -0.15) is 0 Å². The van der Waals surface area contributed by atoms with Crippen LogP contribution in [0.1, 0.15) is 37.1 Å². The standard InChI is InChI=1S/C16H29N5O2S.HI/c1-6-23-16(22)21-13(7-11(2)3)9-19-15(17-5)20-10-14-18-8-12(4)24-14;/h8,11,13H,6-7,9-10H2,1-5H3,(H,21,22)(H2,17,19,20);1H. The van der Waals surface area contributed by atoms with Crippen molar-refractivity contribution in [2.24, 2.45) is 10.9 Å². The zero-order valence-electron chi connectivity index (χ0n) is 15.6. The van der Waals surface area contributed by atoms with Crippen LogP contribution in [0.2, 0.25) is 0 Å². The number of hydrogen-bond donors (Lipinski definition) is 3. The van der Waals surface area contributed by atoms with Crippen molar-refractivity contribution in [1.82, 2.24) is 20.9 Å². The summed E-state index contributed by atoms with van der Waals surface area (Å²) in [6.45, 7) is 9.64. The molecule has 1 heterocycles. The molecule has 0 fully saturated rings. The molecule has 1 atom stereocenters. The summed E-state index contributed by atoms with van der Waals surface area (Å²) in [5.41, 5.74) is 0. The van der Waals surface area contributed by atoms with Crippen LogP contribution in [0.5, 0.6) is 0 Å². The van der Waals surface area contributed by atoms with Crippen LogP contribution in [0.4, 0.5) is 4.79 Å². The van der Waals surface area contributed by atoms with Crippen LogP contribution in [0.15, 0.2) is 11.2 Å². The van der Waals surface area contributed by atoms with Gasteiger partial charge >= 0.3 is 6.09 Å². The Morgan fingerprint density at radius 1 is 1.40 bits per heavy atom. The Kier molecular flexibility index (Phi) is 12.6. The van der Waals surface area contributed by atoms with E-state index in [0.29, 0.717) is 31.6 Å². The first-order valence-corrected chi connectivity index (χ1v) is 9.05. The monoisotopic (exact) mass is 483 g/mol. The van der Waals surface area contributed by atoms with Gasteiger partial charge in [0, 0.05) is 30.7 Å². The smallest absolute Gasteiger partial charge is 0.407 e. The molecule has 0 aliphatic heterocycles. The summed E-state index contributed by atoms with van der Waals surface area (Å²) in [7, 11) is 1.72. The van der Waals surface area contributed by atoms with E-state index in [1.807, 2.05) is 13.1 Å². The highest BCUT2D eigenvalue weighted by Gasteiger charge is 2.15. The maximum Gasteiger partial charge on any atom is 0.407 e. The summed E-state index contributed by atoms with van der Waals surface area (Å²) >= 11 is 1.66. The number of carbonyl (C=O) groups excluding carboxylic acids is 1. The fraction of sp³-hybridized carbons (Fsp3) is 0.688. The van der Waals surface area contributed by atoms with Crippen molar-refractivity contribution < 1.29 is 9.53 Å². The Morgan fingerprint density at radius 2 is 2.12 bits per heavy atom. The quantitative estimate of drug-likeness (QED) is 0.301. The second-order valence-electron chi connectivity index (χ2n) is 5.86. The molecular formula is C16H30IN5O2S. The van der Waals surface area contributed by atoms with E-state index >= 15 is 0 Å². The number of nitrogens with one attached hydrogen (secondary N) is 3. The molecule has 1 aromatic heterocycles. The summed E-state index contributed by atoms with van der Waals surface area (Å²) in [6.07, 6.45) is 2.33. The Hall–Kier alpha value is -1.10. The van der Waals surface area contributed by atoms with E-state index in [-0.39, 0.29) is 36.1 Å². The van der Waals surface area contributed by atoms with E-state index in [0.717, 1.165) is 11.4 Å². The van der Waals surface area contributed by atoms with Crippen molar-refractivity contribution >= 4 is 47.4 Å². The number of nitrogens with zero attached hydrogens (tertiary/aromatic N) is 2. The molecule has 1 aromatic rings. The van der Waals surface area contributed by atoms with E-state index in [1.165, 1.54) is 4.88 Å². The largest absolute Gasteiger partial charge is 0.450 e.